The molecule has 0 amide bonds. The molecule has 0 aromatic heterocycles. The average molecular weight is 279 g/mol. The SMILES string of the molecule is Cc1ccc(N2CC(C)SC(C)C2)c(/C(N)=N/O)c1. The fourth-order valence-electron chi connectivity index (χ4n) is 2.56. The van der Waals surface area contributed by atoms with E-state index in [2.05, 4.69) is 36.0 Å². The Kier molecular flexibility index (Phi) is 4.24. The summed E-state index contributed by atoms with van der Waals surface area (Å²) >= 11 is 2.01. The molecule has 1 fully saturated rings. The highest BCUT2D eigenvalue weighted by atomic mass is 32.2. The molecule has 1 aromatic carbocycles. The number of amidine groups is 1. The van der Waals surface area contributed by atoms with Crippen LogP contribution in [-0.2, 0) is 0 Å². The molecule has 1 aliphatic rings. The van der Waals surface area contributed by atoms with Gasteiger partial charge >= 0.3 is 0 Å². The topological polar surface area (TPSA) is 61.8 Å². The average Bonchev–Trinajstić information content (AvgIpc) is 2.36. The molecular weight excluding hydrogens is 258 g/mol. The molecule has 19 heavy (non-hydrogen) atoms. The molecule has 0 saturated carbocycles. The number of aryl methyl sites for hydroxylation is 1. The monoisotopic (exact) mass is 279 g/mol. The van der Waals surface area contributed by atoms with E-state index in [9.17, 15) is 0 Å². The molecule has 1 aliphatic heterocycles. The zero-order chi connectivity index (χ0) is 14.0. The van der Waals surface area contributed by atoms with E-state index in [1.54, 1.807) is 0 Å². The second kappa shape index (κ2) is 5.74. The predicted molar refractivity (Wildman–Crippen MR) is 82.4 cm³/mol. The normalized spacial score (nSPS) is 24.6. The molecule has 1 heterocycles. The summed E-state index contributed by atoms with van der Waals surface area (Å²) < 4.78 is 0. The Morgan fingerprint density at radius 3 is 2.58 bits per heavy atom. The first-order valence-corrected chi connectivity index (χ1v) is 7.44. The van der Waals surface area contributed by atoms with Gasteiger partial charge < -0.3 is 15.8 Å². The standard InChI is InChI=1S/C14H21N3OS/c1-9-4-5-13(12(6-9)14(15)16-18)17-7-10(2)19-11(3)8-17/h4-6,10-11,18H,7-8H2,1-3H3,(H2,15,16). The van der Waals surface area contributed by atoms with Gasteiger partial charge in [-0.25, -0.2) is 0 Å². The van der Waals surface area contributed by atoms with E-state index in [4.69, 9.17) is 10.9 Å². The quantitative estimate of drug-likeness (QED) is 0.378. The maximum Gasteiger partial charge on any atom is 0.172 e. The van der Waals surface area contributed by atoms with Crippen molar-refractivity contribution in [2.75, 3.05) is 18.0 Å². The maximum absolute atomic E-state index is 8.95. The van der Waals surface area contributed by atoms with E-state index >= 15 is 0 Å². The van der Waals surface area contributed by atoms with Crippen molar-refractivity contribution in [3.8, 4) is 0 Å². The lowest BCUT2D eigenvalue weighted by atomic mass is 10.1. The summed E-state index contributed by atoms with van der Waals surface area (Å²) in [4.78, 5) is 2.33. The van der Waals surface area contributed by atoms with Crippen molar-refractivity contribution in [1.82, 2.24) is 0 Å². The molecular formula is C14H21N3OS. The zero-order valence-electron chi connectivity index (χ0n) is 11.6. The number of thioether (sulfide) groups is 1. The smallest absolute Gasteiger partial charge is 0.172 e. The van der Waals surface area contributed by atoms with Gasteiger partial charge in [-0.1, -0.05) is 30.6 Å². The fourth-order valence-corrected chi connectivity index (χ4v) is 3.88. The van der Waals surface area contributed by atoms with Crippen LogP contribution in [0.4, 0.5) is 5.69 Å². The van der Waals surface area contributed by atoms with Gasteiger partial charge in [-0.05, 0) is 19.1 Å². The summed E-state index contributed by atoms with van der Waals surface area (Å²) in [6, 6.07) is 6.11. The lowest BCUT2D eigenvalue weighted by Crippen LogP contribution is -2.41. The Hall–Kier alpha value is -1.36. The fraction of sp³-hybridized carbons (Fsp3) is 0.500. The first-order chi connectivity index (χ1) is 9.01. The molecule has 4 nitrogen and oxygen atoms in total. The maximum atomic E-state index is 8.95. The number of nitrogens with two attached hydrogens (primary N) is 1. The lowest BCUT2D eigenvalue weighted by Gasteiger charge is -2.37. The molecule has 1 aromatic rings. The van der Waals surface area contributed by atoms with Crippen molar-refractivity contribution in [1.29, 1.82) is 0 Å². The summed E-state index contributed by atoms with van der Waals surface area (Å²) in [5, 5.41) is 13.3. The van der Waals surface area contributed by atoms with Crippen LogP contribution in [0.5, 0.6) is 0 Å². The van der Waals surface area contributed by atoms with Gasteiger partial charge in [-0.15, -0.1) is 0 Å². The van der Waals surface area contributed by atoms with E-state index in [0.29, 0.717) is 10.5 Å². The molecule has 5 heteroatoms. The first-order valence-electron chi connectivity index (χ1n) is 6.50. The van der Waals surface area contributed by atoms with Gasteiger partial charge in [0.2, 0.25) is 0 Å². The predicted octanol–water partition coefficient (Wildman–Crippen LogP) is 2.42. The van der Waals surface area contributed by atoms with Crippen LogP contribution < -0.4 is 10.6 Å². The summed E-state index contributed by atoms with van der Waals surface area (Å²) in [5.41, 5.74) is 8.79. The Bertz CT molecular complexity index is 480. The molecule has 3 N–H and O–H groups in total. The van der Waals surface area contributed by atoms with Crippen molar-refractivity contribution in [3.63, 3.8) is 0 Å². The third-order valence-electron chi connectivity index (χ3n) is 3.30. The van der Waals surface area contributed by atoms with Crippen LogP contribution in [-0.4, -0.2) is 34.6 Å². The van der Waals surface area contributed by atoms with Gasteiger partial charge in [0.15, 0.2) is 5.84 Å². The van der Waals surface area contributed by atoms with Crippen molar-refractivity contribution < 1.29 is 5.21 Å². The minimum Gasteiger partial charge on any atom is -0.409 e. The van der Waals surface area contributed by atoms with Crippen molar-refractivity contribution >= 4 is 23.3 Å². The summed E-state index contributed by atoms with van der Waals surface area (Å²) in [7, 11) is 0. The second-order valence-electron chi connectivity index (χ2n) is 5.17. The molecule has 0 aliphatic carbocycles. The Balaban J connectivity index is 2.38. The van der Waals surface area contributed by atoms with Gasteiger partial charge in [0, 0.05) is 34.8 Å². The third-order valence-corrected chi connectivity index (χ3v) is 4.52. The molecule has 0 bridgehead atoms. The van der Waals surface area contributed by atoms with Crippen molar-refractivity contribution in [2.24, 2.45) is 10.9 Å². The Morgan fingerprint density at radius 2 is 2.00 bits per heavy atom. The van der Waals surface area contributed by atoms with Gasteiger partial charge in [-0.2, -0.15) is 11.8 Å². The third kappa shape index (κ3) is 3.15. The number of nitrogens with zero attached hydrogens (tertiary/aromatic N) is 2. The van der Waals surface area contributed by atoms with Crippen LogP contribution in [0.15, 0.2) is 23.4 Å². The highest BCUT2D eigenvalue weighted by Crippen LogP contribution is 2.30. The van der Waals surface area contributed by atoms with E-state index < -0.39 is 0 Å². The van der Waals surface area contributed by atoms with Crippen LogP contribution in [0, 0.1) is 6.92 Å². The van der Waals surface area contributed by atoms with Gasteiger partial charge in [0.25, 0.3) is 0 Å². The van der Waals surface area contributed by atoms with Gasteiger partial charge in [0.1, 0.15) is 0 Å². The molecule has 104 valence electrons. The number of hydrogen-bond donors (Lipinski definition) is 2. The molecule has 0 radical (unpaired) electrons. The van der Waals surface area contributed by atoms with Crippen LogP contribution >= 0.6 is 11.8 Å². The second-order valence-corrected chi connectivity index (χ2v) is 7.05. The molecule has 1 saturated heterocycles. The highest BCUT2D eigenvalue weighted by Gasteiger charge is 2.24. The largest absolute Gasteiger partial charge is 0.409 e. The molecule has 0 spiro atoms. The minimum absolute atomic E-state index is 0.178. The minimum atomic E-state index is 0.178. The Labute approximate surface area is 118 Å². The number of benzene rings is 1. The van der Waals surface area contributed by atoms with Crippen LogP contribution in [0.1, 0.15) is 25.0 Å². The lowest BCUT2D eigenvalue weighted by molar-refractivity contribution is 0.318. The summed E-state index contributed by atoms with van der Waals surface area (Å²) in [6.45, 7) is 8.47. The van der Waals surface area contributed by atoms with Crippen LogP contribution in [0.25, 0.3) is 0 Å². The highest BCUT2D eigenvalue weighted by molar-refractivity contribution is 8.00. The first kappa shape index (κ1) is 14.1. The van der Waals surface area contributed by atoms with E-state index in [1.165, 1.54) is 0 Å². The van der Waals surface area contributed by atoms with E-state index in [-0.39, 0.29) is 5.84 Å². The molecule has 2 unspecified atom stereocenters. The number of rotatable bonds is 2. The van der Waals surface area contributed by atoms with E-state index in [1.807, 2.05) is 24.8 Å². The van der Waals surface area contributed by atoms with Gasteiger partial charge in [0.05, 0.1) is 0 Å². The Morgan fingerprint density at radius 1 is 1.37 bits per heavy atom. The van der Waals surface area contributed by atoms with Gasteiger partial charge in [-0.3, -0.25) is 0 Å². The van der Waals surface area contributed by atoms with Crippen molar-refractivity contribution in [3.05, 3.63) is 29.3 Å². The van der Waals surface area contributed by atoms with Crippen molar-refractivity contribution in [2.45, 2.75) is 31.3 Å². The summed E-state index contributed by atoms with van der Waals surface area (Å²) in [6.07, 6.45) is 0. The number of anilines is 1. The molecule has 2 rings (SSSR count). The number of hydrogen-bond acceptors (Lipinski definition) is 4. The number of oxime groups is 1. The molecule has 2 atom stereocenters. The summed E-state index contributed by atoms with van der Waals surface area (Å²) in [5.74, 6) is 0.178. The zero-order valence-corrected chi connectivity index (χ0v) is 12.4. The van der Waals surface area contributed by atoms with E-state index in [0.717, 1.165) is 29.9 Å². The van der Waals surface area contributed by atoms with Crippen LogP contribution in [0.2, 0.25) is 0 Å². The van der Waals surface area contributed by atoms with Crippen LogP contribution in [0.3, 0.4) is 0 Å².